The first-order valence-electron chi connectivity index (χ1n) is 4.82. The van der Waals surface area contributed by atoms with Gasteiger partial charge in [0.2, 0.25) is 0 Å². The Balaban J connectivity index is 1.66. The minimum atomic E-state index is 0.871. The molecule has 0 aromatic carbocycles. The fourth-order valence-corrected chi connectivity index (χ4v) is 2.12. The summed E-state index contributed by atoms with van der Waals surface area (Å²) < 4.78 is 0. The van der Waals surface area contributed by atoms with Crippen molar-refractivity contribution in [2.45, 2.75) is 19.3 Å². The highest BCUT2D eigenvalue weighted by Gasteiger charge is 2.36. The zero-order valence-electron chi connectivity index (χ0n) is 7.13. The van der Waals surface area contributed by atoms with Gasteiger partial charge in [-0.2, -0.15) is 0 Å². The standard InChI is InChI=1S/C9H18N2/c10-6-8-5-9(8)7-11-3-1-2-4-11/h8-9H,1-7,10H2/t8-,9-/m1/s1. The van der Waals surface area contributed by atoms with Gasteiger partial charge in [0.1, 0.15) is 0 Å². The molecule has 2 rings (SSSR count). The number of likely N-dealkylation sites (tertiary alicyclic amines) is 1. The second kappa shape index (κ2) is 3.11. The van der Waals surface area contributed by atoms with Gasteiger partial charge in [0.25, 0.3) is 0 Å². The predicted octanol–water partition coefficient (Wildman–Crippen LogP) is 0.677. The molecule has 1 aliphatic carbocycles. The Morgan fingerprint density at radius 2 is 1.91 bits per heavy atom. The van der Waals surface area contributed by atoms with Crippen LogP contribution in [0.15, 0.2) is 0 Å². The Labute approximate surface area is 68.7 Å². The van der Waals surface area contributed by atoms with Gasteiger partial charge < -0.3 is 10.6 Å². The summed E-state index contributed by atoms with van der Waals surface area (Å²) in [4.78, 5) is 2.60. The van der Waals surface area contributed by atoms with Crippen LogP contribution in [0.4, 0.5) is 0 Å². The lowest BCUT2D eigenvalue weighted by Gasteiger charge is -2.13. The number of hydrogen-bond acceptors (Lipinski definition) is 2. The van der Waals surface area contributed by atoms with E-state index in [0.29, 0.717) is 0 Å². The third-order valence-electron chi connectivity index (χ3n) is 3.06. The van der Waals surface area contributed by atoms with E-state index in [-0.39, 0.29) is 0 Å². The molecule has 1 saturated carbocycles. The van der Waals surface area contributed by atoms with E-state index >= 15 is 0 Å². The van der Waals surface area contributed by atoms with Crippen molar-refractivity contribution >= 4 is 0 Å². The minimum absolute atomic E-state index is 0.871. The third kappa shape index (κ3) is 1.74. The van der Waals surface area contributed by atoms with Crippen molar-refractivity contribution in [3.63, 3.8) is 0 Å². The Hall–Kier alpha value is -0.0800. The van der Waals surface area contributed by atoms with E-state index in [1.165, 1.54) is 38.9 Å². The lowest BCUT2D eigenvalue weighted by molar-refractivity contribution is 0.317. The molecular formula is C9H18N2. The Morgan fingerprint density at radius 1 is 1.18 bits per heavy atom. The van der Waals surface area contributed by atoms with Crippen molar-refractivity contribution in [3.05, 3.63) is 0 Å². The van der Waals surface area contributed by atoms with Crippen LogP contribution in [0.1, 0.15) is 19.3 Å². The van der Waals surface area contributed by atoms with Crippen molar-refractivity contribution in [2.24, 2.45) is 17.6 Å². The first-order valence-corrected chi connectivity index (χ1v) is 4.82. The Kier molecular flexibility index (Phi) is 2.14. The van der Waals surface area contributed by atoms with Crippen molar-refractivity contribution in [1.29, 1.82) is 0 Å². The number of nitrogens with two attached hydrogens (primary N) is 1. The predicted molar refractivity (Wildman–Crippen MR) is 46.3 cm³/mol. The van der Waals surface area contributed by atoms with Crippen LogP contribution in [0.3, 0.4) is 0 Å². The number of nitrogens with zero attached hydrogens (tertiary/aromatic N) is 1. The van der Waals surface area contributed by atoms with Crippen LogP contribution in [0.5, 0.6) is 0 Å². The van der Waals surface area contributed by atoms with Gasteiger partial charge in [0, 0.05) is 6.54 Å². The molecule has 0 amide bonds. The fourth-order valence-electron chi connectivity index (χ4n) is 2.12. The van der Waals surface area contributed by atoms with Gasteiger partial charge in [-0.15, -0.1) is 0 Å². The smallest absolute Gasteiger partial charge is 0.00129 e. The second-order valence-corrected chi connectivity index (χ2v) is 4.00. The minimum Gasteiger partial charge on any atom is -0.330 e. The van der Waals surface area contributed by atoms with Crippen molar-refractivity contribution < 1.29 is 0 Å². The molecule has 2 nitrogen and oxygen atoms in total. The van der Waals surface area contributed by atoms with Crippen LogP contribution < -0.4 is 5.73 Å². The quantitative estimate of drug-likeness (QED) is 0.647. The van der Waals surface area contributed by atoms with Gasteiger partial charge >= 0.3 is 0 Å². The average molecular weight is 154 g/mol. The van der Waals surface area contributed by atoms with Crippen LogP contribution in [0.25, 0.3) is 0 Å². The number of hydrogen-bond donors (Lipinski definition) is 1. The summed E-state index contributed by atoms with van der Waals surface area (Å²) in [6.45, 7) is 4.93. The molecule has 1 aliphatic heterocycles. The summed E-state index contributed by atoms with van der Waals surface area (Å²) in [6.07, 6.45) is 4.23. The topological polar surface area (TPSA) is 29.3 Å². The summed E-state index contributed by atoms with van der Waals surface area (Å²) in [6, 6.07) is 0. The Bertz CT molecular complexity index is 130. The molecule has 0 aromatic heterocycles. The van der Waals surface area contributed by atoms with E-state index in [9.17, 15) is 0 Å². The van der Waals surface area contributed by atoms with Crippen molar-refractivity contribution in [1.82, 2.24) is 4.90 Å². The van der Waals surface area contributed by atoms with Gasteiger partial charge in [-0.1, -0.05) is 0 Å². The molecule has 0 spiro atoms. The van der Waals surface area contributed by atoms with E-state index in [2.05, 4.69) is 4.90 Å². The summed E-state index contributed by atoms with van der Waals surface area (Å²) in [7, 11) is 0. The number of rotatable bonds is 3. The fraction of sp³-hybridized carbons (Fsp3) is 1.00. The molecule has 0 radical (unpaired) electrons. The Morgan fingerprint density at radius 3 is 2.45 bits per heavy atom. The molecule has 2 aliphatic rings. The summed E-state index contributed by atoms with van der Waals surface area (Å²) in [5.74, 6) is 1.83. The highest BCUT2D eigenvalue weighted by atomic mass is 15.1. The van der Waals surface area contributed by atoms with Crippen LogP contribution >= 0.6 is 0 Å². The van der Waals surface area contributed by atoms with Crippen LogP contribution in [-0.4, -0.2) is 31.1 Å². The van der Waals surface area contributed by atoms with E-state index in [4.69, 9.17) is 5.73 Å². The van der Waals surface area contributed by atoms with Gasteiger partial charge in [-0.25, -0.2) is 0 Å². The zero-order valence-corrected chi connectivity index (χ0v) is 7.13. The molecule has 11 heavy (non-hydrogen) atoms. The largest absolute Gasteiger partial charge is 0.330 e. The van der Waals surface area contributed by atoms with E-state index < -0.39 is 0 Å². The monoisotopic (exact) mass is 154 g/mol. The van der Waals surface area contributed by atoms with Gasteiger partial charge in [0.05, 0.1) is 0 Å². The second-order valence-electron chi connectivity index (χ2n) is 4.00. The average Bonchev–Trinajstić information content (AvgIpc) is 2.54. The molecule has 0 aromatic rings. The molecule has 2 N–H and O–H groups in total. The maximum Gasteiger partial charge on any atom is 0.00129 e. The molecule has 1 heterocycles. The van der Waals surface area contributed by atoms with Crippen molar-refractivity contribution in [2.75, 3.05) is 26.2 Å². The molecule has 1 saturated heterocycles. The van der Waals surface area contributed by atoms with E-state index in [1.807, 2.05) is 0 Å². The van der Waals surface area contributed by atoms with Gasteiger partial charge in [-0.3, -0.25) is 0 Å². The van der Waals surface area contributed by atoms with Crippen LogP contribution in [0.2, 0.25) is 0 Å². The molecular weight excluding hydrogens is 136 g/mol. The summed E-state index contributed by atoms with van der Waals surface area (Å²) >= 11 is 0. The van der Waals surface area contributed by atoms with E-state index in [1.54, 1.807) is 0 Å². The zero-order chi connectivity index (χ0) is 7.68. The highest BCUT2D eigenvalue weighted by Crippen LogP contribution is 2.38. The maximum atomic E-state index is 5.58. The van der Waals surface area contributed by atoms with Crippen molar-refractivity contribution in [3.8, 4) is 0 Å². The SMILES string of the molecule is NC[C@H]1C[C@@H]1CN1CCCC1. The normalized spacial score (nSPS) is 37.9. The molecule has 0 unspecified atom stereocenters. The summed E-state index contributed by atoms with van der Waals surface area (Å²) in [5.41, 5.74) is 5.58. The van der Waals surface area contributed by atoms with Gasteiger partial charge in [0.15, 0.2) is 0 Å². The first kappa shape index (κ1) is 7.56. The maximum absolute atomic E-state index is 5.58. The molecule has 2 heteroatoms. The first-order chi connectivity index (χ1) is 5.40. The third-order valence-corrected chi connectivity index (χ3v) is 3.06. The lowest BCUT2D eigenvalue weighted by Crippen LogP contribution is -2.22. The highest BCUT2D eigenvalue weighted by molar-refractivity contribution is 4.89. The molecule has 2 fully saturated rings. The molecule has 2 atom stereocenters. The lowest BCUT2D eigenvalue weighted by atomic mass is 10.3. The van der Waals surface area contributed by atoms with Crippen LogP contribution in [0, 0.1) is 11.8 Å². The molecule has 0 bridgehead atoms. The van der Waals surface area contributed by atoms with E-state index in [0.717, 1.165) is 18.4 Å². The summed E-state index contributed by atoms with van der Waals surface area (Å²) in [5, 5.41) is 0. The van der Waals surface area contributed by atoms with Gasteiger partial charge in [-0.05, 0) is 50.7 Å². The molecule has 64 valence electrons. The van der Waals surface area contributed by atoms with Crippen LogP contribution in [-0.2, 0) is 0 Å².